The summed E-state index contributed by atoms with van der Waals surface area (Å²) in [4.78, 5) is 4.21. The molecule has 0 heterocycles. The minimum Gasteiger partial charge on any atom is -0.497 e. The molecule has 9 heteroatoms. The van der Waals surface area contributed by atoms with Crippen LogP contribution in [0.5, 0.6) is 5.75 Å². The van der Waals surface area contributed by atoms with E-state index in [2.05, 4.69) is 34.7 Å². The number of aliphatic imine (C=N–C) groups is 1. The summed E-state index contributed by atoms with van der Waals surface area (Å²) < 4.78 is 30.0. The van der Waals surface area contributed by atoms with Gasteiger partial charge in [-0.05, 0) is 43.4 Å². The van der Waals surface area contributed by atoms with Gasteiger partial charge in [0.1, 0.15) is 5.75 Å². The van der Waals surface area contributed by atoms with Gasteiger partial charge in [-0.3, -0.25) is 4.99 Å². The molecule has 0 fully saturated rings. The highest BCUT2D eigenvalue weighted by Crippen LogP contribution is 2.21. The molecule has 0 bridgehead atoms. The fraction of sp³-hybridized carbons (Fsp3) is 0.632. The molecule has 0 aliphatic heterocycles. The van der Waals surface area contributed by atoms with Gasteiger partial charge in [-0.15, -0.1) is 24.0 Å². The van der Waals surface area contributed by atoms with Crippen molar-refractivity contribution in [2.45, 2.75) is 32.6 Å². The molecule has 0 amide bonds. The lowest BCUT2D eigenvalue weighted by Gasteiger charge is -2.17. The van der Waals surface area contributed by atoms with Gasteiger partial charge < -0.3 is 15.4 Å². The van der Waals surface area contributed by atoms with Gasteiger partial charge in [0.2, 0.25) is 10.0 Å². The Labute approximate surface area is 187 Å². The summed E-state index contributed by atoms with van der Waals surface area (Å²) >= 11 is 0. The van der Waals surface area contributed by atoms with Crippen molar-refractivity contribution in [3.63, 3.8) is 0 Å². The van der Waals surface area contributed by atoms with Crippen molar-refractivity contribution >= 4 is 40.0 Å². The molecule has 2 N–H and O–H groups in total. The van der Waals surface area contributed by atoms with Crippen LogP contribution in [0, 0.1) is 0 Å². The number of nitrogens with zero attached hydrogens (tertiary/aromatic N) is 2. The number of nitrogens with one attached hydrogen (secondary N) is 2. The monoisotopic (exact) mass is 526 g/mol. The topological polar surface area (TPSA) is 83.0 Å². The first-order valence-electron chi connectivity index (χ1n) is 9.36. The molecule has 0 aromatic heterocycles. The quantitative estimate of drug-likeness (QED) is 0.201. The molecule has 0 saturated heterocycles. The fourth-order valence-corrected chi connectivity index (χ4v) is 3.44. The lowest BCUT2D eigenvalue weighted by atomic mass is 9.98. The molecule has 0 radical (unpaired) electrons. The van der Waals surface area contributed by atoms with E-state index in [0.29, 0.717) is 19.0 Å². The van der Waals surface area contributed by atoms with E-state index in [-0.39, 0.29) is 29.7 Å². The summed E-state index contributed by atoms with van der Waals surface area (Å²) in [5.74, 6) is 2.16. The molecule has 162 valence electrons. The first-order chi connectivity index (χ1) is 12.8. The number of hydrogen-bond donors (Lipinski definition) is 2. The predicted molar refractivity (Wildman–Crippen MR) is 128 cm³/mol. The Morgan fingerprint density at radius 2 is 1.82 bits per heavy atom. The first-order valence-corrected chi connectivity index (χ1v) is 11.0. The molecule has 0 aliphatic carbocycles. The number of halogens is 1. The molecule has 1 unspecified atom stereocenters. The second-order valence-corrected chi connectivity index (χ2v) is 8.83. The van der Waals surface area contributed by atoms with Crippen LogP contribution < -0.4 is 15.4 Å². The Morgan fingerprint density at radius 3 is 2.36 bits per heavy atom. The van der Waals surface area contributed by atoms with E-state index in [9.17, 15) is 8.42 Å². The third-order valence-electron chi connectivity index (χ3n) is 4.56. The minimum absolute atomic E-state index is 0. The van der Waals surface area contributed by atoms with Crippen LogP contribution in [0.25, 0.3) is 0 Å². The van der Waals surface area contributed by atoms with Crippen LogP contribution in [0.15, 0.2) is 29.3 Å². The normalized spacial score (nSPS) is 13.0. The van der Waals surface area contributed by atoms with Crippen molar-refractivity contribution < 1.29 is 13.2 Å². The second kappa shape index (κ2) is 14.0. The molecule has 0 aliphatic rings. The Bertz CT molecular complexity index is 681. The Kier molecular flexibility index (Phi) is 13.5. The van der Waals surface area contributed by atoms with Crippen molar-refractivity contribution in [3.8, 4) is 5.75 Å². The Morgan fingerprint density at radius 1 is 1.21 bits per heavy atom. The minimum atomic E-state index is -3.11. The van der Waals surface area contributed by atoms with Gasteiger partial charge in [0.15, 0.2) is 5.96 Å². The molecule has 7 nitrogen and oxygen atoms in total. The molecule has 0 spiro atoms. The average molecular weight is 526 g/mol. The van der Waals surface area contributed by atoms with Crippen molar-refractivity contribution in [2.24, 2.45) is 4.99 Å². The van der Waals surface area contributed by atoms with Crippen LogP contribution >= 0.6 is 24.0 Å². The van der Waals surface area contributed by atoms with E-state index < -0.39 is 10.0 Å². The van der Waals surface area contributed by atoms with Crippen LogP contribution in [0.2, 0.25) is 0 Å². The van der Waals surface area contributed by atoms with Crippen LogP contribution in [-0.2, 0) is 10.0 Å². The second-order valence-electron chi connectivity index (χ2n) is 6.46. The zero-order valence-corrected chi connectivity index (χ0v) is 20.7. The lowest BCUT2D eigenvalue weighted by molar-refractivity contribution is 0.414. The van der Waals surface area contributed by atoms with Gasteiger partial charge in [-0.25, -0.2) is 12.7 Å². The zero-order valence-electron chi connectivity index (χ0n) is 17.6. The number of benzene rings is 1. The van der Waals surface area contributed by atoms with Gasteiger partial charge in [-0.1, -0.05) is 19.1 Å². The molecule has 1 aromatic rings. The number of guanidine groups is 1. The summed E-state index contributed by atoms with van der Waals surface area (Å²) in [6.45, 7) is 5.81. The third-order valence-corrected chi connectivity index (χ3v) is 6.42. The maximum atomic E-state index is 11.7. The van der Waals surface area contributed by atoms with Gasteiger partial charge in [0.05, 0.1) is 12.9 Å². The summed E-state index contributed by atoms with van der Waals surface area (Å²) in [5.41, 5.74) is 1.28. The Hall–Kier alpha value is -1.07. The maximum absolute atomic E-state index is 11.7. The molecular weight excluding hydrogens is 491 g/mol. The van der Waals surface area contributed by atoms with Crippen molar-refractivity contribution in [1.29, 1.82) is 0 Å². The molecule has 1 aromatic carbocycles. The highest BCUT2D eigenvalue weighted by Gasteiger charge is 2.14. The summed E-state index contributed by atoms with van der Waals surface area (Å²) in [7, 11) is 1.91. The molecule has 1 rings (SSSR count). The van der Waals surface area contributed by atoms with E-state index in [1.807, 2.05) is 12.1 Å². The number of hydrogen-bond acceptors (Lipinski definition) is 4. The van der Waals surface area contributed by atoms with Crippen LogP contribution in [0.4, 0.5) is 0 Å². The van der Waals surface area contributed by atoms with E-state index >= 15 is 0 Å². The largest absolute Gasteiger partial charge is 0.497 e. The molecule has 0 saturated carbocycles. The smallest absolute Gasteiger partial charge is 0.213 e. The first kappa shape index (κ1) is 26.9. The summed E-state index contributed by atoms with van der Waals surface area (Å²) in [6.07, 6.45) is 1.70. The zero-order chi connectivity index (χ0) is 20.3. The number of sulfonamides is 1. The van der Waals surface area contributed by atoms with E-state index in [4.69, 9.17) is 4.74 Å². The standard InChI is InChI=1S/C19H34N4O3S.HI/c1-6-27(24,25)23(4)15-7-13-21-19(20-3)22-14-12-16(2)17-8-10-18(26-5)11-9-17;/h8-11,16H,6-7,12-15H2,1-5H3,(H2,20,21,22);1H. The van der Waals surface area contributed by atoms with Gasteiger partial charge in [-0.2, -0.15) is 0 Å². The predicted octanol–water partition coefficient (Wildman–Crippen LogP) is 2.64. The SMILES string of the molecule is CCS(=O)(=O)N(C)CCCNC(=NC)NCCC(C)c1ccc(OC)cc1.I. The Balaban J connectivity index is 0.00000729. The maximum Gasteiger partial charge on any atom is 0.213 e. The summed E-state index contributed by atoms with van der Waals surface area (Å²) in [6, 6.07) is 8.15. The molecule has 1 atom stereocenters. The van der Waals surface area contributed by atoms with Crippen LogP contribution in [0.1, 0.15) is 38.2 Å². The van der Waals surface area contributed by atoms with Gasteiger partial charge in [0.25, 0.3) is 0 Å². The van der Waals surface area contributed by atoms with Crippen molar-refractivity contribution in [2.75, 3.05) is 46.6 Å². The number of methoxy groups -OCH3 is 1. The number of ether oxygens (including phenoxy) is 1. The third kappa shape index (κ3) is 9.42. The molecule has 28 heavy (non-hydrogen) atoms. The van der Waals surface area contributed by atoms with Crippen molar-refractivity contribution in [1.82, 2.24) is 14.9 Å². The van der Waals surface area contributed by atoms with Crippen LogP contribution in [-0.4, -0.2) is 65.3 Å². The molecular formula is C19H35IN4O3S. The van der Waals surface area contributed by atoms with Crippen LogP contribution in [0.3, 0.4) is 0 Å². The van der Waals surface area contributed by atoms with Gasteiger partial charge >= 0.3 is 0 Å². The lowest BCUT2D eigenvalue weighted by Crippen LogP contribution is -2.39. The fourth-order valence-electron chi connectivity index (χ4n) is 2.59. The summed E-state index contributed by atoms with van der Waals surface area (Å²) in [5, 5.41) is 6.53. The average Bonchev–Trinajstić information content (AvgIpc) is 2.69. The number of rotatable bonds is 11. The van der Waals surface area contributed by atoms with E-state index in [1.54, 1.807) is 28.1 Å². The van der Waals surface area contributed by atoms with Gasteiger partial charge in [0, 0.05) is 33.7 Å². The van der Waals surface area contributed by atoms with Crippen molar-refractivity contribution in [3.05, 3.63) is 29.8 Å². The van der Waals surface area contributed by atoms with E-state index in [0.717, 1.165) is 31.1 Å². The highest BCUT2D eigenvalue weighted by molar-refractivity contribution is 14.0. The van der Waals surface area contributed by atoms with E-state index in [1.165, 1.54) is 9.87 Å². The highest BCUT2D eigenvalue weighted by atomic mass is 127.